The number of ether oxygens (including phenoxy) is 1. The molecule has 0 amide bonds. The summed E-state index contributed by atoms with van der Waals surface area (Å²) in [6, 6.07) is 5.15. The largest absolute Gasteiger partial charge is 0.377 e. The summed E-state index contributed by atoms with van der Waals surface area (Å²) in [5.41, 5.74) is 0. The topological polar surface area (TPSA) is 15.7 Å². The monoisotopic (exact) mass is 292 g/mol. The number of fused-ring (bicyclic) bond motifs is 1. The molecule has 1 aliphatic carbocycles. The molecule has 3 aliphatic rings. The van der Waals surface area contributed by atoms with Gasteiger partial charge in [0, 0.05) is 50.2 Å². The normalized spacial score (nSPS) is 31.6. The molecular formula is C16H24N2OS. The van der Waals surface area contributed by atoms with E-state index in [0.29, 0.717) is 6.10 Å². The van der Waals surface area contributed by atoms with E-state index in [1.807, 2.05) is 11.3 Å². The van der Waals surface area contributed by atoms with Crippen LogP contribution in [0.2, 0.25) is 0 Å². The van der Waals surface area contributed by atoms with Crippen molar-refractivity contribution in [1.82, 2.24) is 9.80 Å². The molecule has 4 rings (SSSR count). The van der Waals surface area contributed by atoms with E-state index in [1.54, 1.807) is 0 Å². The molecule has 0 N–H and O–H groups in total. The second-order valence-electron chi connectivity index (χ2n) is 6.60. The van der Waals surface area contributed by atoms with E-state index in [1.165, 1.54) is 50.3 Å². The molecule has 3 heterocycles. The third-order valence-corrected chi connectivity index (χ3v) is 5.75. The molecule has 1 saturated carbocycles. The number of thiophene rings is 1. The first-order chi connectivity index (χ1) is 9.87. The minimum atomic E-state index is 0.502. The van der Waals surface area contributed by atoms with Gasteiger partial charge < -0.3 is 4.74 Å². The minimum absolute atomic E-state index is 0.502. The molecule has 0 aromatic carbocycles. The Bertz CT molecular complexity index is 432. The molecule has 2 aliphatic heterocycles. The van der Waals surface area contributed by atoms with Crippen molar-refractivity contribution in [3.05, 3.63) is 22.4 Å². The van der Waals surface area contributed by atoms with Crippen molar-refractivity contribution in [1.29, 1.82) is 0 Å². The molecule has 1 aromatic heterocycles. The summed E-state index contributed by atoms with van der Waals surface area (Å²) in [5, 5.41) is 2.18. The van der Waals surface area contributed by atoms with E-state index in [0.717, 1.165) is 25.1 Å². The van der Waals surface area contributed by atoms with E-state index in [9.17, 15) is 0 Å². The smallest absolute Gasteiger partial charge is 0.0717 e. The summed E-state index contributed by atoms with van der Waals surface area (Å²) in [7, 11) is 0. The zero-order chi connectivity index (χ0) is 13.4. The van der Waals surface area contributed by atoms with Crippen molar-refractivity contribution in [2.45, 2.75) is 38.0 Å². The molecule has 20 heavy (non-hydrogen) atoms. The molecule has 0 bridgehead atoms. The van der Waals surface area contributed by atoms with Crippen molar-refractivity contribution in [3.8, 4) is 0 Å². The molecule has 3 nitrogen and oxygen atoms in total. The van der Waals surface area contributed by atoms with Gasteiger partial charge in [-0.2, -0.15) is 0 Å². The maximum atomic E-state index is 6.10. The molecule has 2 unspecified atom stereocenters. The Morgan fingerprint density at radius 2 is 2.20 bits per heavy atom. The SMILES string of the molecule is c1csc(CN2CCN3CC(OCC4CC4)CC3C2)c1. The van der Waals surface area contributed by atoms with Crippen molar-refractivity contribution in [2.75, 3.05) is 32.8 Å². The second-order valence-corrected chi connectivity index (χ2v) is 7.63. The van der Waals surface area contributed by atoms with E-state index in [2.05, 4.69) is 27.3 Å². The van der Waals surface area contributed by atoms with Crippen LogP contribution in [0.25, 0.3) is 0 Å². The van der Waals surface area contributed by atoms with Gasteiger partial charge in [-0.15, -0.1) is 11.3 Å². The lowest BCUT2D eigenvalue weighted by atomic mass is 10.1. The quantitative estimate of drug-likeness (QED) is 0.829. The third-order valence-electron chi connectivity index (χ3n) is 4.89. The van der Waals surface area contributed by atoms with E-state index in [-0.39, 0.29) is 0 Å². The highest BCUT2D eigenvalue weighted by atomic mass is 32.1. The molecule has 2 atom stereocenters. The summed E-state index contributed by atoms with van der Waals surface area (Å²) < 4.78 is 6.10. The standard InChI is InChI=1S/C16H24N2OS/c1-2-16(20-7-1)11-17-5-6-18-10-15(8-14(18)9-17)19-12-13-3-4-13/h1-2,7,13-15H,3-6,8-12H2. The maximum absolute atomic E-state index is 6.10. The van der Waals surface area contributed by atoms with Gasteiger partial charge in [0.15, 0.2) is 0 Å². The highest BCUT2D eigenvalue weighted by molar-refractivity contribution is 7.09. The second kappa shape index (κ2) is 5.76. The third kappa shape index (κ3) is 3.08. The van der Waals surface area contributed by atoms with Crippen LogP contribution in [0.1, 0.15) is 24.1 Å². The fourth-order valence-corrected chi connectivity index (χ4v) is 4.25. The molecule has 3 fully saturated rings. The van der Waals surface area contributed by atoms with Crippen LogP contribution < -0.4 is 0 Å². The van der Waals surface area contributed by atoms with Crippen LogP contribution in [0.3, 0.4) is 0 Å². The van der Waals surface area contributed by atoms with Gasteiger partial charge in [-0.25, -0.2) is 0 Å². The van der Waals surface area contributed by atoms with Gasteiger partial charge in [-0.05, 0) is 36.6 Å². The van der Waals surface area contributed by atoms with Gasteiger partial charge in [0.1, 0.15) is 0 Å². The van der Waals surface area contributed by atoms with Crippen molar-refractivity contribution in [2.24, 2.45) is 5.92 Å². The number of nitrogens with zero attached hydrogens (tertiary/aromatic N) is 2. The lowest BCUT2D eigenvalue weighted by Gasteiger charge is -2.37. The average molecular weight is 292 g/mol. The maximum Gasteiger partial charge on any atom is 0.0717 e. The van der Waals surface area contributed by atoms with E-state index in [4.69, 9.17) is 4.74 Å². The van der Waals surface area contributed by atoms with Gasteiger partial charge >= 0.3 is 0 Å². The van der Waals surface area contributed by atoms with Crippen LogP contribution in [0.5, 0.6) is 0 Å². The Labute approximate surface area is 125 Å². The zero-order valence-corrected chi connectivity index (χ0v) is 12.9. The highest BCUT2D eigenvalue weighted by Gasteiger charge is 2.37. The first-order valence-electron chi connectivity index (χ1n) is 7.97. The summed E-state index contributed by atoms with van der Waals surface area (Å²) in [4.78, 5) is 6.77. The van der Waals surface area contributed by atoms with Crippen molar-refractivity contribution >= 4 is 11.3 Å². The Morgan fingerprint density at radius 3 is 3.00 bits per heavy atom. The molecule has 110 valence electrons. The molecule has 0 radical (unpaired) electrons. The lowest BCUT2D eigenvalue weighted by Crippen LogP contribution is -2.49. The van der Waals surface area contributed by atoms with Crippen LogP contribution >= 0.6 is 11.3 Å². The number of hydrogen-bond acceptors (Lipinski definition) is 4. The predicted molar refractivity (Wildman–Crippen MR) is 82.0 cm³/mol. The van der Waals surface area contributed by atoms with Crippen LogP contribution in [0.15, 0.2) is 17.5 Å². The van der Waals surface area contributed by atoms with E-state index < -0.39 is 0 Å². The lowest BCUT2D eigenvalue weighted by molar-refractivity contribution is 0.0508. The van der Waals surface area contributed by atoms with Gasteiger partial charge in [-0.3, -0.25) is 9.80 Å². The zero-order valence-electron chi connectivity index (χ0n) is 12.0. The van der Waals surface area contributed by atoms with Crippen LogP contribution in [0.4, 0.5) is 0 Å². The Kier molecular flexibility index (Phi) is 3.82. The summed E-state index contributed by atoms with van der Waals surface area (Å²) >= 11 is 1.88. The predicted octanol–water partition coefficient (Wildman–Crippen LogP) is 2.43. The number of rotatable bonds is 5. The first-order valence-corrected chi connectivity index (χ1v) is 8.85. The highest BCUT2D eigenvalue weighted by Crippen LogP contribution is 2.31. The first kappa shape index (κ1) is 13.3. The van der Waals surface area contributed by atoms with Gasteiger partial charge in [0.05, 0.1) is 6.10 Å². The number of piperazine rings is 1. The Morgan fingerprint density at radius 1 is 1.25 bits per heavy atom. The number of hydrogen-bond donors (Lipinski definition) is 0. The van der Waals surface area contributed by atoms with Crippen molar-refractivity contribution in [3.63, 3.8) is 0 Å². The van der Waals surface area contributed by atoms with Gasteiger partial charge in [0.2, 0.25) is 0 Å². The minimum Gasteiger partial charge on any atom is -0.377 e. The summed E-state index contributed by atoms with van der Waals surface area (Å²) in [6.07, 6.45) is 4.54. The van der Waals surface area contributed by atoms with Crippen molar-refractivity contribution < 1.29 is 4.74 Å². The summed E-state index contributed by atoms with van der Waals surface area (Å²) in [6.45, 7) is 6.98. The van der Waals surface area contributed by atoms with Crippen LogP contribution in [0, 0.1) is 5.92 Å². The molecule has 2 saturated heterocycles. The van der Waals surface area contributed by atoms with E-state index >= 15 is 0 Å². The molecular weight excluding hydrogens is 268 g/mol. The molecule has 0 spiro atoms. The fraction of sp³-hybridized carbons (Fsp3) is 0.750. The molecule has 1 aromatic rings. The average Bonchev–Trinajstić information content (AvgIpc) is 2.97. The Balaban J connectivity index is 1.28. The molecule has 4 heteroatoms. The Hall–Kier alpha value is -0.420. The summed E-state index contributed by atoms with van der Waals surface area (Å²) in [5.74, 6) is 0.892. The van der Waals surface area contributed by atoms with Crippen LogP contribution in [-0.4, -0.2) is 54.7 Å². The van der Waals surface area contributed by atoms with Gasteiger partial charge in [-0.1, -0.05) is 6.07 Å². The fourth-order valence-electron chi connectivity index (χ4n) is 3.50. The van der Waals surface area contributed by atoms with Gasteiger partial charge in [0.25, 0.3) is 0 Å². The van der Waals surface area contributed by atoms with Crippen LogP contribution in [-0.2, 0) is 11.3 Å².